The van der Waals surface area contributed by atoms with Gasteiger partial charge in [0, 0.05) is 32.4 Å². The van der Waals surface area contributed by atoms with Crippen LogP contribution in [0.4, 0.5) is 17.1 Å². The van der Waals surface area contributed by atoms with E-state index < -0.39 is 0 Å². The Labute approximate surface area is 373 Å². The van der Waals surface area contributed by atoms with E-state index in [0.29, 0.717) is 0 Å². The zero-order valence-electron chi connectivity index (χ0n) is 34.8. The smallest absolute Gasteiger partial charge is 0.0390 e. The van der Waals surface area contributed by atoms with Gasteiger partial charge in [-0.1, -0.05) is 192 Å². The highest BCUT2D eigenvalue weighted by Gasteiger charge is 2.36. The van der Waals surface area contributed by atoms with Crippen molar-refractivity contribution in [3.8, 4) is 44.5 Å². The highest BCUT2D eigenvalue weighted by Crippen LogP contribution is 2.50. The van der Waals surface area contributed by atoms with E-state index in [1.807, 2.05) is 30.3 Å². The SMILES string of the molecule is C.C.CC1(C)c2ccccc2-c2ccc(Br)cc21.Cc1ccccc1-c1cccc(N)c1.Cc1ccccc1-c1cccc(Nc2ccc3c(c2)C(C)(C)c2ccccc2-3)c1. The quantitative estimate of drug-likeness (QED) is 0.173. The predicted molar refractivity (Wildman–Crippen MR) is 270 cm³/mol. The van der Waals surface area contributed by atoms with E-state index in [0.717, 1.165) is 21.5 Å². The summed E-state index contributed by atoms with van der Waals surface area (Å²) in [7, 11) is 0. The van der Waals surface area contributed by atoms with E-state index in [2.05, 4.69) is 214 Å². The van der Waals surface area contributed by atoms with Crippen LogP contribution in [0.25, 0.3) is 44.5 Å². The minimum absolute atomic E-state index is 0. The first-order valence-electron chi connectivity index (χ1n) is 20.4. The summed E-state index contributed by atoms with van der Waals surface area (Å²) in [5.41, 5.74) is 27.6. The summed E-state index contributed by atoms with van der Waals surface area (Å²) < 4.78 is 1.16. The van der Waals surface area contributed by atoms with Crippen LogP contribution >= 0.6 is 15.9 Å². The Bertz CT molecular complexity index is 2810. The summed E-state index contributed by atoms with van der Waals surface area (Å²) in [6.07, 6.45) is 0. The van der Waals surface area contributed by atoms with Crippen molar-refractivity contribution in [2.75, 3.05) is 11.1 Å². The number of benzene rings is 8. The lowest BCUT2D eigenvalue weighted by Crippen LogP contribution is -2.15. The number of nitrogens with one attached hydrogen (secondary N) is 1. The lowest BCUT2D eigenvalue weighted by Gasteiger charge is -2.22. The van der Waals surface area contributed by atoms with Crippen LogP contribution in [0.5, 0.6) is 0 Å². The zero-order valence-corrected chi connectivity index (χ0v) is 36.4. The van der Waals surface area contributed by atoms with Crippen LogP contribution < -0.4 is 11.1 Å². The summed E-state index contributed by atoms with van der Waals surface area (Å²) in [5.74, 6) is 0. The van der Waals surface area contributed by atoms with Crippen LogP contribution in [0.1, 0.15) is 75.9 Å². The van der Waals surface area contributed by atoms with E-state index in [9.17, 15) is 0 Å². The summed E-state index contributed by atoms with van der Waals surface area (Å²) in [5, 5.41) is 3.63. The van der Waals surface area contributed by atoms with Gasteiger partial charge in [0.15, 0.2) is 0 Å². The molecule has 2 aliphatic carbocycles. The van der Waals surface area contributed by atoms with E-state index in [-0.39, 0.29) is 25.7 Å². The van der Waals surface area contributed by atoms with Crippen LogP contribution in [-0.2, 0) is 10.8 Å². The van der Waals surface area contributed by atoms with Crippen LogP contribution in [-0.4, -0.2) is 0 Å². The Balaban J connectivity index is 0.000000165. The lowest BCUT2D eigenvalue weighted by atomic mass is 9.82. The molecule has 0 saturated heterocycles. The Morgan fingerprint density at radius 1 is 0.393 bits per heavy atom. The molecule has 308 valence electrons. The van der Waals surface area contributed by atoms with Crippen molar-refractivity contribution in [1.82, 2.24) is 0 Å². The van der Waals surface area contributed by atoms with Crippen molar-refractivity contribution in [3.05, 3.63) is 220 Å². The summed E-state index contributed by atoms with van der Waals surface area (Å²) >= 11 is 3.56. The van der Waals surface area contributed by atoms with Crippen LogP contribution in [0.15, 0.2) is 186 Å². The summed E-state index contributed by atoms with van der Waals surface area (Å²) in [6.45, 7) is 13.5. The lowest BCUT2D eigenvalue weighted by molar-refractivity contribution is 0.660. The van der Waals surface area contributed by atoms with E-state index in [1.165, 1.54) is 77.9 Å². The topological polar surface area (TPSA) is 38.0 Å². The Hall–Kier alpha value is -6.16. The predicted octanol–water partition coefficient (Wildman–Crippen LogP) is 17.0. The number of hydrogen-bond acceptors (Lipinski definition) is 2. The maximum absolute atomic E-state index is 5.75. The third-order valence-corrected chi connectivity index (χ3v) is 12.6. The minimum Gasteiger partial charge on any atom is -0.399 e. The molecule has 3 heteroatoms. The van der Waals surface area contributed by atoms with Gasteiger partial charge in [0.05, 0.1) is 0 Å². The van der Waals surface area contributed by atoms with E-state index in [4.69, 9.17) is 5.73 Å². The largest absolute Gasteiger partial charge is 0.399 e. The van der Waals surface area contributed by atoms with Crippen molar-refractivity contribution < 1.29 is 0 Å². The molecule has 8 aromatic carbocycles. The van der Waals surface area contributed by atoms with Gasteiger partial charge in [-0.25, -0.2) is 0 Å². The van der Waals surface area contributed by atoms with Gasteiger partial charge >= 0.3 is 0 Å². The van der Waals surface area contributed by atoms with Crippen molar-refractivity contribution in [1.29, 1.82) is 0 Å². The van der Waals surface area contributed by atoms with E-state index >= 15 is 0 Å². The maximum atomic E-state index is 5.75. The zero-order chi connectivity index (χ0) is 41.3. The summed E-state index contributed by atoms with van der Waals surface area (Å²) in [4.78, 5) is 0. The van der Waals surface area contributed by atoms with Crippen molar-refractivity contribution >= 4 is 33.0 Å². The highest BCUT2D eigenvalue weighted by molar-refractivity contribution is 9.10. The number of rotatable bonds is 4. The Morgan fingerprint density at radius 2 is 0.820 bits per heavy atom. The van der Waals surface area contributed by atoms with E-state index in [1.54, 1.807) is 0 Å². The fourth-order valence-electron chi connectivity index (χ4n) is 8.89. The standard InChI is InChI=1S/C28H25N.C15H13Br.C13H13N.2CH4/c1-19-9-4-5-12-23(19)20-10-8-11-21(17-20)29-22-15-16-25-24-13-6-7-14-26(24)28(2,3)27(25)18-22;1-15(2)13-6-4-3-5-11(13)12-8-7-10(16)9-14(12)15;1-10-5-2-3-8-13(10)11-6-4-7-12(14)9-11;;/h4-18,29H,1-3H3;3-9H,1-2H3;2-9H,14H2,1H3;2*1H4. The first kappa shape index (κ1) is 44.4. The van der Waals surface area contributed by atoms with Gasteiger partial charge in [-0.15, -0.1) is 0 Å². The summed E-state index contributed by atoms with van der Waals surface area (Å²) in [6, 6.07) is 64.3. The van der Waals surface area contributed by atoms with Gasteiger partial charge in [0.25, 0.3) is 0 Å². The molecule has 61 heavy (non-hydrogen) atoms. The Kier molecular flexibility index (Phi) is 13.3. The molecule has 2 aliphatic rings. The molecule has 0 atom stereocenters. The van der Waals surface area contributed by atoms with Gasteiger partial charge in [0.1, 0.15) is 0 Å². The molecule has 10 rings (SSSR count). The van der Waals surface area contributed by atoms with Gasteiger partial charge in [0.2, 0.25) is 0 Å². The third-order valence-electron chi connectivity index (χ3n) is 12.1. The molecule has 0 unspecified atom stereocenters. The highest BCUT2D eigenvalue weighted by atomic mass is 79.9. The minimum atomic E-state index is 0. The molecule has 0 saturated carbocycles. The molecule has 2 nitrogen and oxygen atoms in total. The van der Waals surface area contributed by atoms with Crippen molar-refractivity contribution in [3.63, 3.8) is 0 Å². The number of hydrogen-bond donors (Lipinski definition) is 2. The molecular weight excluding hydrogens is 805 g/mol. The monoisotopic (exact) mass is 862 g/mol. The number of nitrogens with two attached hydrogens (primary N) is 1. The Morgan fingerprint density at radius 3 is 1.36 bits per heavy atom. The molecule has 0 radical (unpaired) electrons. The normalized spacial score (nSPS) is 12.9. The molecule has 0 aromatic heterocycles. The average molecular weight is 864 g/mol. The molecule has 0 bridgehead atoms. The molecule has 3 N–H and O–H groups in total. The van der Waals surface area contributed by atoms with Crippen molar-refractivity contribution in [2.24, 2.45) is 0 Å². The molecule has 0 fully saturated rings. The van der Waals surface area contributed by atoms with Crippen LogP contribution in [0.2, 0.25) is 0 Å². The molecule has 8 aromatic rings. The van der Waals surface area contributed by atoms with Crippen LogP contribution in [0, 0.1) is 13.8 Å². The van der Waals surface area contributed by atoms with Gasteiger partial charge in [-0.2, -0.15) is 0 Å². The van der Waals surface area contributed by atoms with Crippen LogP contribution in [0.3, 0.4) is 0 Å². The maximum Gasteiger partial charge on any atom is 0.0390 e. The van der Waals surface area contributed by atoms with Crippen molar-refractivity contribution in [2.45, 2.75) is 67.2 Å². The fourth-order valence-corrected chi connectivity index (χ4v) is 9.25. The first-order valence-corrected chi connectivity index (χ1v) is 21.2. The molecule has 0 spiro atoms. The van der Waals surface area contributed by atoms with Gasteiger partial charge < -0.3 is 11.1 Å². The molecular formula is C58H59BrN2. The fraction of sp³-hybridized carbons (Fsp3) is 0.172. The second-order valence-electron chi connectivity index (χ2n) is 16.8. The first-order chi connectivity index (χ1) is 28.4. The molecule has 0 heterocycles. The molecule has 0 amide bonds. The number of halogens is 1. The van der Waals surface area contributed by atoms with Gasteiger partial charge in [-0.05, 0) is 140 Å². The average Bonchev–Trinajstić information content (AvgIpc) is 3.60. The number of anilines is 3. The number of aryl methyl sites for hydroxylation is 2. The number of nitrogen functional groups attached to an aromatic ring is 1. The second kappa shape index (κ2) is 18.2. The number of fused-ring (bicyclic) bond motifs is 6. The second-order valence-corrected chi connectivity index (χ2v) is 17.7. The third kappa shape index (κ3) is 8.85. The van der Waals surface area contributed by atoms with Gasteiger partial charge in [-0.3, -0.25) is 0 Å². The molecule has 0 aliphatic heterocycles.